The molecule has 2 heterocycles. The first-order valence-electron chi connectivity index (χ1n) is 6.04. The quantitative estimate of drug-likeness (QED) is 0.744. The minimum atomic E-state index is -0.463. The first-order valence-corrected chi connectivity index (χ1v) is 6.04. The highest BCUT2D eigenvalue weighted by atomic mass is 19.1. The molecule has 0 aliphatic carbocycles. The van der Waals surface area contributed by atoms with Crippen molar-refractivity contribution in [1.82, 2.24) is 5.32 Å². The molecule has 1 aromatic rings. The number of halogens is 2. The second-order valence-corrected chi connectivity index (χ2v) is 5.17. The highest BCUT2D eigenvalue weighted by Gasteiger charge is 2.43. The number of rotatable bonds is 0. The van der Waals surface area contributed by atoms with E-state index in [1.54, 1.807) is 0 Å². The molecule has 1 spiro atoms. The molecule has 2 aliphatic heterocycles. The Morgan fingerprint density at radius 3 is 2.65 bits per heavy atom. The van der Waals surface area contributed by atoms with E-state index < -0.39 is 11.6 Å². The van der Waals surface area contributed by atoms with E-state index in [4.69, 9.17) is 0 Å². The van der Waals surface area contributed by atoms with E-state index in [9.17, 15) is 8.78 Å². The minimum Gasteiger partial charge on any atom is -0.371 e. The second-order valence-electron chi connectivity index (χ2n) is 5.17. The average molecular weight is 238 g/mol. The molecular formula is C13H16F2N2. The first kappa shape index (κ1) is 11.0. The van der Waals surface area contributed by atoms with Crippen molar-refractivity contribution in [2.45, 2.75) is 18.3 Å². The molecule has 0 amide bonds. The normalized spacial score (nSPS) is 21.9. The summed E-state index contributed by atoms with van der Waals surface area (Å²) in [5.41, 5.74) is 1.39. The third-order valence-corrected chi connectivity index (χ3v) is 4.08. The lowest BCUT2D eigenvalue weighted by Gasteiger charge is -2.34. The van der Waals surface area contributed by atoms with Gasteiger partial charge in [-0.15, -0.1) is 0 Å². The maximum atomic E-state index is 13.8. The summed E-state index contributed by atoms with van der Waals surface area (Å²) in [6, 6.07) is 2.50. The van der Waals surface area contributed by atoms with Crippen molar-refractivity contribution in [2.24, 2.45) is 0 Å². The van der Waals surface area contributed by atoms with Crippen LogP contribution in [0.5, 0.6) is 0 Å². The van der Waals surface area contributed by atoms with Gasteiger partial charge in [0.25, 0.3) is 0 Å². The van der Waals surface area contributed by atoms with Crippen LogP contribution in [-0.2, 0) is 5.41 Å². The summed E-state index contributed by atoms with van der Waals surface area (Å²) in [7, 11) is 1.89. The number of fused-ring (bicyclic) bond motifs is 2. The Bertz CT molecular complexity index is 453. The van der Waals surface area contributed by atoms with Gasteiger partial charge in [-0.25, -0.2) is 8.78 Å². The highest BCUT2D eigenvalue weighted by Crippen LogP contribution is 2.46. The molecule has 92 valence electrons. The zero-order valence-corrected chi connectivity index (χ0v) is 9.89. The first-order chi connectivity index (χ1) is 8.12. The van der Waals surface area contributed by atoms with Crippen LogP contribution in [0.2, 0.25) is 0 Å². The van der Waals surface area contributed by atoms with Crippen LogP contribution in [0.4, 0.5) is 14.5 Å². The van der Waals surface area contributed by atoms with E-state index in [1.807, 2.05) is 11.9 Å². The topological polar surface area (TPSA) is 15.3 Å². The van der Waals surface area contributed by atoms with Crippen molar-refractivity contribution in [3.63, 3.8) is 0 Å². The molecule has 0 saturated carbocycles. The Morgan fingerprint density at radius 2 is 1.94 bits per heavy atom. The third-order valence-electron chi connectivity index (χ3n) is 4.08. The lowest BCUT2D eigenvalue weighted by molar-refractivity contribution is 0.327. The fourth-order valence-corrected chi connectivity index (χ4v) is 3.31. The van der Waals surface area contributed by atoms with Crippen molar-refractivity contribution in [2.75, 3.05) is 31.6 Å². The molecule has 1 aromatic carbocycles. The molecule has 1 N–H and O–H groups in total. The molecule has 2 nitrogen and oxygen atoms in total. The number of anilines is 1. The average Bonchev–Trinajstić information content (AvgIpc) is 2.53. The van der Waals surface area contributed by atoms with Gasteiger partial charge >= 0.3 is 0 Å². The van der Waals surface area contributed by atoms with Gasteiger partial charge in [-0.3, -0.25) is 0 Å². The van der Waals surface area contributed by atoms with E-state index in [1.165, 1.54) is 6.07 Å². The van der Waals surface area contributed by atoms with Gasteiger partial charge in [0.2, 0.25) is 0 Å². The van der Waals surface area contributed by atoms with Crippen molar-refractivity contribution in [1.29, 1.82) is 0 Å². The molecule has 0 aromatic heterocycles. The summed E-state index contributed by atoms with van der Waals surface area (Å²) in [4.78, 5) is 1.93. The van der Waals surface area contributed by atoms with Gasteiger partial charge in [-0.1, -0.05) is 0 Å². The Kier molecular flexibility index (Phi) is 2.36. The molecule has 0 radical (unpaired) electrons. The third kappa shape index (κ3) is 1.54. The molecular weight excluding hydrogens is 222 g/mol. The molecule has 0 unspecified atom stereocenters. The van der Waals surface area contributed by atoms with Crippen LogP contribution in [-0.4, -0.2) is 26.7 Å². The molecule has 1 fully saturated rings. The van der Waals surface area contributed by atoms with Crippen LogP contribution in [0.1, 0.15) is 18.4 Å². The molecule has 0 bridgehead atoms. The zero-order chi connectivity index (χ0) is 12.0. The number of hydrogen-bond acceptors (Lipinski definition) is 2. The van der Waals surface area contributed by atoms with Crippen molar-refractivity contribution < 1.29 is 8.78 Å². The van der Waals surface area contributed by atoms with E-state index in [2.05, 4.69) is 5.32 Å². The fourth-order valence-electron chi connectivity index (χ4n) is 3.31. The van der Waals surface area contributed by atoms with Crippen molar-refractivity contribution >= 4 is 5.69 Å². The van der Waals surface area contributed by atoms with Crippen LogP contribution < -0.4 is 10.2 Å². The lowest BCUT2D eigenvalue weighted by Crippen LogP contribution is -2.42. The van der Waals surface area contributed by atoms with Gasteiger partial charge in [0.1, 0.15) is 11.6 Å². The molecule has 17 heavy (non-hydrogen) atoms. The number of piperidine rings is 1. The molecule has 1 saturated heterocycles. The zero-order valence-electron chi connectivity index (χ0n) is 9.89. The number of likely N-dealkylation sites (N-methyl/N-ethyl adjacent to an activating group) is 1. The smallest absolute Gasteiger partial charge is 0.149 e. The number of nitrogens with one attached hydrogen (secondary N) is 1. The van der Waals surface area contributed by atoms with E-state index in [0.717, 1.165) is 44.1 Å². The molecule has 2 aliphatic rings. The van der Waals surface area contributed by atoms with E-state index in [0.29, 0.717) is 5.69 Å². The fraction of sp³-hybridized carbons (Fsp3) is 0.538. The van der Waals surface area contributed by atoms with Crippen molar-refractivity contribution in [3.05, 3.63) is 29.3 Å². The minimum absolute atomic E-state index is 0.0573. The Hall–Kier alpha value is -1.16. The Balaban J connectivity index is 2.14. The lowest BCUT2D eigenvalue weighted by atomic mass is 9.75. The van der Waals surface area contributed by atoms with E-state index in [-0.39, 0.29) is 5.41 Å². The standard InChI is InChI=1S/C13H16F2N2/c1-17-8-13(2-4-16-5-3-13)10-6-9(14)7-11(15)12(10)17/h6-7,16H,2-5,8H2,1H3. The van der Waals surface area contributed by atoms with Gasteiger partial charge in [-0.05, 0) is 37.6 Å². The maximum absolute atomic E-state index is 13.8. The molecule has 4 heteroatoms. The van der Waals surface area contributed by atoms with Gasteiger partial charge < -0.3 is 10.2 Å². The van der Waals surface area contributed by atoms with Gasteiger partial charge in [0.15, 0.2) is 0 Å². The summed E-state index contributed by atoms with van der Waals surface area (Å²) in [6.07, 6.45) is 1.90. The summed E-state index contributed by atoms with van der Waals surface area (Å²) in [5.74, 6) is -0.896. The summed E-state index contributed by atoms with van der Waals surface area (Å²) < 4.78 is 27.3. The number of nitrogens with zero attached hydrogens (tertiary/aromatic N) is 1. The van der Waals surface area contributed by atoms with Gasteiger partial charge in [0.05, 0.1) is 5.69 Å². The second kappa shape index (κ2) is 3.67. The largest absolute Gasteiger partial charge is 0.371 e. The summed E-state index contributed by atoms with van der Waals surface area (Å²) in [5, 5.41) is 3.30. The van der Waals surface area contributed by atoms with Crippen LogP contribution in [0.25, 0.3) is 0 Å². The Labute approximate surface area is 99.6 Å². The predicted molar refractivity (Wildman–Crippen MR) is 63.4 cm³/mol. The van der Waals surface area contributed by atoms with Gasteiger partial charge in [0, 0.05) is 25.1 Å². The van der Waals surface area contributed by atoms with Crippen molar-refractivity contribution in [3.8, 4) is 0 Å². The SMILES string of the molecule is CN1CC2(CCNCC2)c2cc(F)cc(F)c21. The van der Waals surface area contributed by atoms with Crippen LogP contribution in [0, 0.1) is 11.6 Å². The number of hydrogen-bond donors (Lipinski definition) is 1. The Morgan fingerprint density at radius 1 is 1.24 bits per heavy atom. The van der Waals surface area contributed by atoms with Gasteiger partial charge in [-0.2, -0.15) is 0 Å². The van der Waals surface area contributed by atoms with Crippen LogP contribution in [0.15, 0.2) is 12.1 Å². The monoisotopic (exact) mass is 238 g/mol. The van der Waals surface area contributed by atoms with E-state index >= 15 is 0 Å². The number of benzene rings is 1. The predicted octanol–water partition coefficient (Wildman–Crippen LogP) is 2.04. The summed E-state index contributed by atoms with van der Waals surface area (Å²) in [6.45, 7) is 2.64. The molecule has 0 atom stereocenters. The molecule has 3 rings (SSSR count). The summed E-state index contributed by atoms with van der Waals surface area (Å²) >= 11 is 0. The highest BCUT2D eigenvalue weighted by molar-refractivity contribution is 5.63. The van der Waals surface area contributed by atoms with Crippen LogP contribution in [0.3, 0.4) is 0 Å². The van der Waals surface area contributed by atoms with Crippen LogP contribution >= 0.6 is 0 Å². The maximum Gasteiger partial charge on any atom is 0.149 e.